The first-order chi connectivity index (χ1) is 8.50. The Morgan fingerprint density at radius 3 is 2.72 bits per heavy atom. The summed E-state index contributed by atoms with van der Waals surface area (Å²) in [4.78, 5) is 11.7. The van der Waals surface area contributed by atoms with Gasteiger partial charge in [-0.05, 0) is 25.0 Å². The zero-order chi connectivity index (χ0) is 13.5. The van der Waals surface area contributed by atoms with Crippen molar-refractivity contribution in [1.82, 2.24) is 10.6 Å². The zero-order valence-corrected chi connectivity index (χ0v) is 11.1. The van der Waals surface area contributed by atoms with E-state index in [9.17, 15) is 9.90 Å². The Morgan fingerprint density at radius 1 is 1.44 bits per heavy atom. The van der Waals surface area contributed by atoms with Crippen LogP contribution in [0.3, 0.4) is 0 Å². The Kier molecular flexibility index (Phi) is 5.88. The highest BCUT2D eigenvalue weighted by Gasteiger charge is 2.15. The summed E-state index contributed by atoms with van der Waals surface area (Å²) in [7, 11) is 0. The predicted molar refractivity (Wildman–Crippen MR) is 68.9 cm³/mol. The van der Waals surface area contributed by atoms with Crippen LogP contribution in [0.25, 0.3) is 0 Å². The Hall–Kier alpha value is -1.33. The van der Waals surface area contributed by atoms with Gasteiger partial charge in [-0.1, -0.05) is 13.8 Å². The van der Waals surface area contributed by atoms with Crippen LogP contribution in [0.1, 0.15) is 26.5 Å². The summed E-state index contributed by atoms with van der Waals surface area (Å²) in [5.41, 5.74) is 0. The number of carbonyl (C=O) groups is 1. The van der Waals surface area contributed by atoms with Crippen LogP contribution in [0.2, 0.25) is 0 Å². The molecular formula is C13H22N2O3. The highest BCUT2D eigenvalue weighted by atomic mass is 16.3. The largest absolute Gasteiger partial charge is 0.467 e. The Morgan fingerprint density at radius 2 is 2.17 bits per heavy atom. The number of nitrogens with one attached hydrogen (secondary N) is 2. The number of rotatable bonds is 7. The average Bonchev–Trinajstić information content (AvgIpc) is 2.85. The summed E-state index contributed by atoms with van der Waals surface area (Å²) in [5.74, 6) is 0.788. The normalized spacial score (nSPS) is 14.5. The smallest absolute Gasteiger partial charge is 0.237 e. The van der Waals surface area contributed by atoms with Gasteiger partial charge in [0.05, 0.1) is 25.0 Å². The number of hydrogen-bond acceptors (Lipinski definition) is 4. The van der Waals surface area contributed by atoms with Gasteiger partial charge >= 0.3 is 0 Å². The van der Waals surface area contributed by atoms with E-state index in [0.717, 1.165) is 5.76 Å². The van der Waals surface area contributed by atoms with Crippen LogP contribution in [0.5, 0.6) is 0 Å². The molecule has 2 atom stereocenters. The predicted octanol–water partition coefficient (Wildman–Crippen LogP) is 0.891. The number of hydrogen-bond donors (Lipinski definition) is 3. The third-order valence-electron chi connectivity index (χ3n) is 2.81. The molecule has 0 aliphatic rings. The molecular weight excluding hydrogens is 232 g/mol. The molecule has 1 aromatic rings. The molecule has 0 fully saturated rings. The maximum atomic E-state index is 11.7. The molecule has 0 saturated carbocycles. The van der Waals surface area contributed by atoms with E-state index >= 15 is 0 Å². The highest BCUT2D eigenvalue weighted by Crippen LogP contribution is 2.00. The number of amides is 1. The number of furan rings is 1. The van der Waals surface area contributed by atoms with E-state index in [1.165, 1.54) is 0 Å². The molecule has 0 bridgehead atoms. The van der Waals surface area contributed by atoms with Crippen LogP contribution >= 0.6 is 0 Å². The van der Waals surface area contributed by atoms with Gasteiger partial charge in [-0.3, -0.25) is 4.79 Å². The van der Waals surface area contributed by atoms with Crippen molar-refractivity contribution in [1.29, 1.82) is 0 Å². The molecule has 0 radical (unpaired) electrons. The molecule has 102 valence electrons. The molecule has 5 heteroatoms. The minimum absolute atomic E-state index is 0.109. The second kappa shape index (κ2) is 7.18. The topological polar surface area (TPSA) is 74.5 Å². The first-order valence-corrected chi connectivity index (χ1v) is 6.22. The van der Waals surface area contributed by atoms with Crippen molar-refractivity contribution in [2.75, 3.05) is 6.54 Å². The van der Waals surface area contributed by atoms with Gasteiger partial charge in [-0.25, -0.2) is 0 Å². The first-order valence-electron chi connectivity index (χ1n) is 6.22. The van der Waals surface area contributed by atoms with E-state index in [0.29, 0.717) is 13.1 Å². The van der Waals surface area contributed by atoms with Crippen LogP contribution in [-0.2, 0) is 11.3 Å². The molecule has 1 heterocycles. The van der Waals surface area contributed by atoms with Crippen molar-refractivity contribution in [3.8, 4) is 0 Å². The highest BCUT2D eigenvalue weighted by molar-refractivity contribution is 5.81. The van der Waals surface area contributed by atoms with E-state index in [-0.39, 0.29) is 17.9 Å². The van der Waals surface area contributed by atoms with Crippen molar-refractivity contribution < 1.29 is 14.3 Å². The standard InChI is InChI=1S/C13H22N2O3/c1-9(2)12(16)8-14-10(3)13(17)15-7-11-5-4-6-18-11/h4-6,9-10,12,14,16H,7-8H2,1-3H3,(H,15,17). The molecule has 3 N–H and O–H groups in total. The molecule has 0 aliphatic carbocycles. The molecule has 1 rings (SSSR count). The molecule has 0 aliphatic heterocycles. The molecule has 1 amide bonds. The van der Waals surface area contributed by atoms with Gasteiger partial charge in [0.25, 0.3) is 0 Å². The van der Waals surface area contributed by atoms with Gasteiger partial charge in [0.15, 0.2) is 0 Å². The summed E-state index contributed by atoms with van der Waals surface area (Å²) in [5, 5.41) is 15.4. The van der Waals surface area contributed by atoms with Gasteiger partial charge in [-0.2, -0.15) is 0 Å². The summed E-state index contributed by atoms with van der Waals surface area (Å²) in [6.07, 6.45) is 1.13. The van der Waals surface area contributed by atoms with Gasteiger partial charge in [0.1, 0.15) is 5.76 Å². The number of aliphatic hydroxyl groups excluding tert-OH is 1. The lowest BCUT2D eigenvalue weighted by molar-refractivity contribution is -0.123. The Bertz CT molecular complexity index is 349. The maximum Gasteiger partial charge on any atom is 0.237 e. The molecule has 0 aromatic carbocycles. The summed E-state index contributed by atoms with van der Waals surface area (Å²) in [6.45, 7) is 6.43. The molecule has 5 nitrogen and oxygen atoms in total. The fraction of sp³-hybridized carbons (Fsp3) is 0.615. The fourth-order valence-electron chi connectivity index (χ4n) is 1.37. The molecule has 1 aromatic heterocycles. The van der Waals surface area contributed by atoms with Gasteiger partial charge in [0.2, 0.25) is 5.91 Å². The monoisotopic (exact) mass is 254 g/mol. The molecule has 0 spiro atoms. The molecule has 0 saturated heterocycles. The van der Waals surface area contributed by atoms with E-state index < -0.39 is 6.10 Å². The Labute approximate surface area is 108 Å². The van der Waals surface area contributed by atoms with Crippen molar-refractivity contribution in [2.24, 2.45) is 5.92 Å². The SMILES string of the molecule is CC(NCC(O)C(C)C)C(=O)NCc1ccco1. The zero-order valence-electron chi connectivity index (χ0n) is 11.1. The fourth-order valence-corrected chi connectivity index (χ4v) is 1.37. The van der Waals surface area contributed by atoms with Crippen LogP contribution in [-0.4, -0.2) is 29.7 Å². The van der Waals surface area contributed by atoms with Crippen molar-refractivity contribution in [3.05, 3.63) is 24.2 Å². The summed E-state index contributed by atoms with van der Waals surface area (Å²) >= 11 is 0. The van der Waals surface area contributed by atoms with E-state index in [1.807, 2.05) is 13.8 Å². The van der Waals surface area contributed by atoms with E-state index in [2.05, 4.69) is 10.6 Å². The van der Waals surface area contributed by atoms with Gasteiger partial charge in [0, 0.05) is 6.54 Å². The summed E-state index contributed by atoms with van der Waals surface area (Å²) < 4.78 is 5.12. The lowest BCUT2D eigenvalue weighted by atomic mass is 10.1. The molecule has 18 heavy (non-hydrogen) atoms. The van der Waals surface area contributed by atoms with E-state index in [1.54, 1.807) is 25.3 Å². The van der Waals surface area contributed by atoms with Gasteiger partial charge < -0.3 is 20.2 Å². The number of carbonyl (C=O) groups excluding carboxylic acids is 1. The van der Waals surface area contributed by atoms with E-state index in [4.69, 9.17) is 4.42 Å². The second-order valence-corrected chi connectivity index (χ2v) is 4.74. The average molecular weight is 254 g/mol. The molecule has 2 unspecified atom stereocenters. The maximum absolute atomic E-state index is 11.7. The second-order valence-electron chi connectivity index (χ2n) is 4.74. The van der Waals surface area contributed by atoms with Crippen molar-refractivity contribution in [3.63, 3.8) is 0 Å². The third-order valence-corrected chi connectivity index (χ3v) is 2.81. The minimum atomic E-state index is -0.440. The van der Waals surface area contributed by atoms with Crippen molar-refractivity contribution >= 4 is 5.91 Å². The quantitative estimate of drug-likeness (QED) is 0.675. The van der Waals surface area contributed by atoms with Crippen LogP contribution in [0, 0.1) is 5.92 Å². The first kappa shape index (κ1) is 14.7. The van der Waals surface area contributed by atoms with Crippen LogP contribution < -0.4 is 10.6 Å². The lowest BCUT2D eigenvalue weighted by Gasteiger charge is -2.18. The lowest BCUT2D eigenvalue weighted by Crippen LogP contribution is -2.45. The van der Waals surface area contributed by atoms with Crippen LogP contribution in [0.15, 0.2) is 22.8 Å². The number of aliphatic hydroxyl groups is 1. The van der Waals surface area contributed by atoms with Gasteiger partial charge in [-0.15, -0.1) is 0 Å². The third kappa shape index (κ3) is 4.89. The van der Waals surface area contributed by atoms with Crippen molar-refractivity contribution in [2.45, 2.75) is 39.5 Å². The van der Waals surface area contributed by atoms with Crippen LogP contribution in [0.4, 0.5) is 0 Å². The Balaban J connectivity index is 2.24. The minimum Gasteiger partial charge on any atom is -0.467 e. The summed E-state index contributed by atoms with van der Waals surface area (Å²) in [6, 6.07) is 3.25.